The molecule has 1 aromatic carbocycles. The quantitative estimate of drug-likeness (QED) is 0.872. The van der Waals surface area contributed by atoms with Gasteiger partial charge in [0, 0.05) is 0 Å². The molecule has 94 valence electrons. The molecule has 0 saturated carbocycles. The molecule has 1 aromatic rings. The van der Waals surface area contributed by atoms with Crippen molar-refractivity contribution in [1.29, 1.82) is 0 Å². The van der Waals surface area contributed by atoms with E-state index in [1.165, 1.54) is 20.0 Å². The molecule has 0 spiro atoms. The minimum Gasteiger partial charge on any atom is -0.494 e. The molecule has 1 N–H and O–H groups in total. The maximum Gasteiger partial charge on any atom is 0.165 e. The molecule has 0 bridgehead atoms. The van der Waals surface area contributed by atoms with Gasteiger partial charge in [-0.2, -0.15) is 0 Å². The molecule has 17 heavy (non-hydrogen) atoms. The van der Waals surface area contributed by atoms with Crippen molar-refractivity contribution in [3.8, 4) is 5.75 Å². The van der Waals surface area contributed by atoms with Crippen molar-refractivity contribution in [3.05, 3.63) is 29.1 Å². The third-order valence-corrected chi connectivity index (χ3v) is 3.58. The number of halogens is 1. The summed E-state index contributed by atoms with van der Waals surface area (Å²) in [5, 5.41) is 3.35. The zero-order chi connectivity index (χ0) is 12.3. The second-order valence-electron chi connectivity index (χ2n) is 4.81. The molecule has 1 aliphatic heterocycles. The van der Waals surface area contributed by atoms with E-state index < -0.39 is 0 Å². The van der Waals surface area contributed by atoms with Gasteiger partial charge in [0.15, 0.2) is 11.6 Å². The lowest BCUT2D eigenvalue weighted by molar-refractivity contribution is 0.368. The van der Waals surface area contributed by atoms with Crippen LogP contribution in [0.5, 0.6) is 5.75 Å². The van der Waals surface area contributed by atoms with Gasteiger partial charge in [-0.25, -0.2) is 4.39 Å². The maximum atomic E-state index is 13.6. The van der Waals surface area contributed by atoms with Crippen molar-refractivity contribution in [1.82, 2.24) is 5.32 Å². The molecule has 1 saturated heterocycles. The minimum atomic E-state index is -0.248. The Morgan fingerprint density at radius 3 is 2.71 bits per heavy atom. The van der Waals surface area contributed by atoms with Crippen LogP contribution >= 0.6 is 0 Å². The van der Waals surface area contributed by atoms with Crippen LogP contribution in [0, 0.1) is 18.7 Å². The van der Waals surface area contributed by atoms with E-state index in [4.69, 9.17) is 4.74 Å². The molecule has 0 aromatic heterocycles. The summed E-state index contributed by atoms with van der Waals surface area (Å²) in [6.07, 6.45) is 3.36. The third kappa shape index (κ3) is 2.97. The highest BCUT2D eigenvalue weighted by molar-refractivity contribution is 5.36. The van der Waals surface area contributed by atoms with Crippen molar-refractivity contribution >= 4 is 0 Å². The van der Waals surface area contributed by atoms with Gasteiger partial charge >= 0.3 is 0 Å². The Morgan fingerprint density at radius 2 is 2.06 bits per heavy atom. The van der Waals surface area contributed by atoms with E-state index >= 15 is 0 Å². The Morgan fingerprint density at radius 1 is 1.35 bits per heavy atom. The van der Waals surface area contributed by atoms with Crippen LogP contribution in [0.2, 0.25) is 0 Å². The number of benzene rings is 1. The Kier molecular flexibility index (Phi) is 4.00. The predicted octanol–water partition coefficient (Wildman–Crippen LogP) is 2.68. The van der Waals surface area contributed by atoms with Crippen molar-refractivity contribution in [3.63, 3.8) is 0 Å². The van der Waals surface area contributed by atoms with Crippen LogP contribution in [0.4, 0.5) is 4.39 Å². The van der Waals surface area contributed by atoms with Gasteiger partial charge in [-0.1, -0.05) is 0 Å². The van der Waals surface area contributed by atoms with Crippen LogP contribution < -0.4 is 10.1 Å². The average Bonchev–Trinajstić information content (AvgIpc) is 2.34. The Bertz CT molecular complexity index is 386. The van der Waals surface area contributed by atoms with E-state index in [9.17, 15) is 4.39 Å². The van der Waals surface area contributed by atoms with Gasteiger partial charge in [-0.15, -0.1) is 0 Å². The molecule has 2 rings (SSSR count). The second-order valence-corrected chi connectivity index (χ2v) is 4.81. The number of ether oxygens (including phenoxy) is 1. The third-order valence-electron chi connectivity index (χ3n) is 3.58. The topological polar surface area (TPSA) is 21.3 Å². The van der Waals surface area contributed by atoms with Gasteiger partial charge < -0.3 is 10.1 Å². The molecular formula is C14H20FNO. The van der Waals surface area contributed by atoms with Crippen LogP contribution in [0.1, 0.15) is 24.0 Å². The number of nitrogens with one attached hydrogen (secondary N) is 1. The minimum absolute atomic E-state index is 0.248. The van der Waals surface area contributed by atoms with Crippen LogP contribution in [0.25, 0.3) is 0 Å². The number of methoxy groups -OCH3 is 1. The number of rotatable bonds is 3. The molecule has 1 aliphatic rings. The summed E-state index contributed by atoms with van der Waals surface area (Å²) >= 11 is 0. The number of hydrogen-bond acceptors (Lipinski definition) is 2. The monoisotopic (exact) mass is 237 g/mol. The van der Waals surface area contributed by atoms with Crippen LogP contribution in [-0.4, -0.2) is 20.2 Å². The van der Waals surface area contributed by atoms with Crippen LogP contribution in [0.3, 0.4) is 0 Å². The number of piperidine rings is 1. The first-order chi connectivity index (χ1) is 8.20. The SMILES string of the molecule is COc1cc(C)c(CC2CCNCC2)cc1F. The van der Waals surface area contributed by atoms with E-state index in [2.05, 4.69) is 5.32 Å². The summed E-state index contributed by atoms with van der Waals surface area (Å²) in [4.78, 5) is 0. The lowest BCUT2D eigenvalue weighted by Crippen LogP contribution is -2.28. The first-order valence-corrected chi connectivity index (χ1v) is 6.24. The molecule has 0 atom stereocenters. The Hall–Kier alpha value is -1.09. The molecule has 0 amide bonds. The van der Waals surface area contributed by atoms with E-state index in [-0.39, 0.29) is 5.82 Å². The smallest absolute Gasteiger partial charge is 0.165 e. The van der Waals surface area contributed by atoms with Gasteiger partial charge in [0.2, 0.25) is 0 Å². The number of hydrogen-bond donors (Lipinski definition) is 1. The molecule has 2 nitrogen and oxygen atoms in total. The van der Waals surface area contributed by atoms with E-state index in [1.54, 1.807) is 12.1 Å². The molecule has 3 heteroatoms. The second kappa shape index (κ2) is 5.50. The highest BCUT2D eigenvalue weighted by Gasteiger charge is 2.16. The largest absolute Gasteiger partial charge is 0.494 e. The summed E-state index contributed by atoms with van der Waals surface area (Å²) in [7, 11) is 1.50. The first-order valence-electron chi connectivity index (χ1n) is 6.24. The molecule has 0 aliphatic carbocycles. The highest BCUT2D eigenvalue weighted by Crippen LogP contribution is 2.25. The van der Waals surface area contributed by atoms with E-state index in [0.29, 0.717) is 11.7 Å². The summed E-state index contributed by atoms with van der Waals surface area (Å²) in [5.41, 5.74) is 2.25. The van der Waals surface area contributed by atoms with Gasteiger partial charge in [0.25, 0.3) is 0 Å². The normalized spacial score (nSPS) is 17.1. The van der Waals surface area contributed by atoms with Crippen molar-refractivity contribution < 1.29 is 9.13 Å². The lowest BCUT2D eigenvalue weighted by atomic mass is 9.89. The Labute approximate surface area is 102 Å². The highest BCUT2D eigenvalue weighted by atomic mass is 19.1. The van der Waals surface area contributed by atoms with E-state index in [0.717, 1.165) is 30.6 Å². The lowest BCUT2D eigenvalue weighted by Gasteiger charge is -2.23. The van der Waals surface area contributed by atoms with Gasteiger partial charge in [-0.05, 0) is 68.5 Å². The fourth-order valence-corrected chi connectivity index (χ4v) is 2.47. The Balaban J connectivity index is 2.12. The van der Waals surface area contributed by atoms with Gasteiger partial charge in [0.05, 0.1) is 7.11 Å². The van der Waals surface area contributed by atoms with Crippen LogP contribution in [-0.2, 0) is 6.42 Å². The molecule has 1 fully saturated rings. The zero-order valence-electron chi connectivity index (χ0n) is 10.6. The standard InChI is InChI=1S/C14H20FNO/c1-10-7-14(17-2)13(15)9-12(10)8-11-3-5-16-6-4-11/h7,9,11,16H,3-6,8H2,1-2H3. The fourth-order valence-electron chi connectivity index (χ4n) is 2.47. The molecule has 1 heterocycles. The summed E-state index contributed by atoms with van der Waals surface area (Å²) in [6, 6.07) is 3.43. The van der Waals surface area contributed by atoms with Gasteiger partial charge in [-0.3, -0.25) is 0 Å². The van der Waals surface area contributed by atoms with Crippen molar-refractivity contribution in [2.45, 2.75) is 26.2 Å². The first kappa shape index (κ1) is 12.4. The number of aryl methyl sites for hydroxylation is 1. The van der Waals surface area contributed by atoms with Crippen molar-refractivity contribution in [2.24, 2.45) is 5.92 Å². The molecule has 0 unspecified atom stereocenters. The van der Waals surface area contributed by atoms with Crippen LogP contribution in [0.15, 0.2) is 12.1 Å². The summed E-state index contributed by atoms with van der Waals surface area (Å²) < 4.78 is 18.6. The predicted molar refractivity (Wildman–Crippen MR) is 67.0 cm³/mol. The fraction of sp³-hybridized carbons (Fsp3) is 0.571. The molecular weight excluding hydrogens is 217 g/mol. The average molecular weight is 237 g/mol. The zero-order valence-corrected chi connectivity index (χ0v) is 10.6. The van der Waals surface area contributed by atoms with E-state index in [1.807, 2.05) is 6.92 Å². The summed E-state index contributed by atoms with van der Waals surface area (Å²) in [6.45, 7) is 4.20. The molecule has 0 radical (unpaired) electrons. The maximum absolute atomic E-state index is 13.6. The van der Waals surface area contributed by atoms with Gasteiger partial charge in [0.1, 0.15) is 0 Å². The van der Waals surface area contributed by atoms with Crippen molar-refractivity contribution in [2.75, 3.05) is 20.2 Å². The summed E-state index contributed by atoms with van der Waals surface area (Å²) in [5.74, 6) is 0.779.